The predicted molar refractivity (Wildman–Crippen MR) is 67.8 cm³/mol. The smallest absolute Gasteiger partial charge is 0.382 e. The maximum absolute atomic E-state index is 13.7. The SMILES string of the molecule is C[C@H]1C[C@H](n2nc(C(F)(F)F)c3c2CC(F)(F)[C@H]3O)CC[C@H]1F. The Morgan fingerprint density at radius 3 is 2.48 bits per heavy atom. The van der Waals surface area contributed by atoms with Gasteiger partial charge in [0.1, 0.15) is 12.3 Å². The Morgan fingerprint density at radius 1 is 1.26 bits per heavy atom. The van der Waals surface area contributed by atoms with Gasteiger partial charge in [-0.3, -0.25) is 4.68 Å². The van der Waals surface area contributed by atoms with Crippen LogP contribution in [0.5, 0.6) is 0 Å². The minimum atomic E-state index is -4.93. The van der Waals surface area contributed by atoms with Gasteiger partial charge in [0.05, 0.1) is 18.2 Å². The molecular formula is C14H16F6N2O. The summed E-state index contributed by atoms with van der Waals surface area (Å²) < 4.78 is 81.2. The third kappa shape index (κ3) is 2.62. The van der Waals surface area contributed by atoms with Crippen LogP contribution in [0.15, 0.2) is 0 Å². The average Bonchev–Trinajstić information content (AvgIpc) is 2.89. The summed E-state index contributed by atoms with van der Waals surface area (Å²) in [5, 5.41) is 13.1. The zero-order valence-corrected chi connectivity index (χ0v) is 12.2. The maximum Gasteiger partial charge on any atom is 0.435 e. The molecule has 1 aromatic rings. The van der Waals surface area contributed by atoms with Crippen molar-refractivity contribution in [3.8, 4) is 0 Å². The van der Waals surface area contributed by atoms with Gasteiger partial charge in [-0.1, -0.05) is 6.92 Å². The van der Waals surface area contributed by atoms with Crippen molar-refractivity contribution in [2.45, 2.75) is 63.0 Å². The van der Waals surface area contributed by atoms with Crippen molar-refractivity contribution in [2.24, 2.45) is 5.92 Å². The molecule has 0 radical (unpaired) electrons. The van der Waals surface area contributed by atoms with Crippen LogP contribution in [0, 0.1) is 5.92 Å². The van der Waals surface area contributed by atoms with Gasteiger partial charge in [-0.25, -0.2) is 13.2 Å². The van der Waals surface area contributed by atoms with E-state index in [9.17, 15) is 31.4 Å². The summed E-state index contributed by atoms with van der Waals surface area (Å²) in [5.41, 5.74) is -2.59. The normalized spacial score (nSPS) is 33.7. The van der Waals surface area contributed by atoms with E-state index in [0.29, 0.717) is 0 Å². The van der Waals surface area contributed by atoms with Crippen molar-refractivity contribution in [1.82, 2.24) is 9.78 Å². The summed E-state index contributed by atoms with van der Waals surface area (Å²) >= 11 is 0. The molecule has 0 bridgehead atoms. The molecule has 23 heavy (non-hydrogen) atoms. The van der Waals surface area contributed by atoms with Crippen molar-refractivity contribution in [3.05, 3.63) is 17.0 Å². The number of rotatable bonds is 1. The molecule has 0 aliphatic heterocycles. The minimum Gasteiger partial charge on any atom is -0.382 e. The zero-order valence-electron chi connectivity index (χ0n) is 12.2. The highest BCUT2D eigenvalue weighted by atomic mass is 19.4. The van der Waals surface area contributed by atoms with E-state index in [1.54, 1.807) is 6.92 Å². The van der Waals surface area contributed by atoms with Gasteiger partial charge in [-0.2, -0.15) is 18.3 Å². The lowest BCUT2D eigenvalue weighted by atomic mass is 9.85. The molecule has 1 aromatic heterocycles. The number of hydrogen-bond acceptors (Lipinski definition) is 2. The Hall–Kier alpha value is -1.25. The van der Waals surface area contributed by atoms with Crippen LogP contribution in [0.3, 0.4) is 0 Å². The molecule has 130 valence electrons. The van der Waals surface area contributed by atoms with E-state index >= 15 is 0 Å². The molecule has 1 saturated carbocycles. The quantitative estimate of drug-likeness (QED) is 0.788. The lowest BCUT2D eigenvalue weighted by Gasteiger charge is -2.30. The molecule has 2 aliphatic carbocycles. The minimum absolute atomic E-state index is 0.154. The fourth-order valence-electron chi connectivity index (χ4n) is 3.54. The fourth-order valence-corrected chi connectivity index (χ4v) is 3.54. The molecule has 3 rings (SSSR count). The standard InChI is InChI=1S/C14H16F6N2O/c1-6-4-7(2-3-8(6)15)22-9-5-13(16,17)12(23)10(9)11(21-22)14(18,19)20/h6-8,12,23H,2-5H2,1H3/t6-,7+,8+,12-/m0/s1. The van der Waals surface area contributed by atoms with Gasteiger partial charge in [-0.15, -0.1) is 0 Å². The molecule has 1 N–H and O–H groups in total. The summed E-state index contributed by atoms with van der Waals surface area (Å²) in [6.07, 6.45) is -8.87. The first kappa shape index (κ1) is 16.6. The largest absolute Gasteiger partial charge is 0.435 e. The molecule has 0 saturated heterocycles. The summed E-state index contributed by atoms with van der Waals surface area (Å²) in [4.78, 5) is 0. The molecule has 9 heteroatoms. The second kappa shape index (κ2) is 5.12. The summed E-state index contributed by atoms with van der Waals surface area (Å²) in [7, 11) is 0. The Morgan fingerprint density at radius 2 is 1.91 bits per heavy atom. The van der Waals surface area contributed by atoms with Crippen molar-refractivity contribution in [2.75, 3.05) is 0 Å². The van der Waals surface area contributed by atoms with E-state index in [-0.39, 0.29) is 30.9 Å². The van der Waals surface area contributed by atoms with Crippen LogP contribution in [-0.2, 0) is 12.6 Å². The van der Waals surface area contributed by atoms with Gasteiger partial charge in [0.15, 0.2) is 5.69 Å². The van der Waals surface area contributed by atoms with Crippen molar-refractivity contribution in [1.29, 1.82) is 0 Å². The van der Waals surface area contributed by atoms with Gasteiger partial charge in [0.25, 0.3) is 5.92 Å². The van der Waals surface area contributed by atoms with Crippen molar-refractivity contribution >= 4 is 0 Å². The van der Waals surface area contributed by atoms with Crippen molar-refractivity contribution in [3.63, 3.8) is 0 Å². The molecule has 0 aromatic carbocycles. The Balaban J connectivity index is 2.05. The monoisotopic (exact) mass is 342 g/mol. The molecule has 1 heterocycles. The third-order valence-corrected chi connectivity index (χ3v) is 4.78. The van der Waals surface area contributed by atoms with Crippen LogP contribution in [0.25, 0.3) is 0 Å². The number of nitrogens with zero attached hydrogens (tertiary/aromatic N) is 2. The van der Waals surface area contributed by atoms with Crippen LogP contribution in [0.2, 0.25) is 0 Å². The first-order valence-electron chi connectivity index (χ1n) is 7.40. The molecule has 0 unspecified atom stereocenters. The number of hydrogen-bond donors (Lipinski definition) is 1. The second-order valence-corrected chi connectivity index (χ2v) is 6.45. The van der Waals surface area contributed by atoms with Gasteiger partial charge in [0, 0.05) is 5.56 Å². The topological polar surface area (TPSA) is 38.0 Å². The molecule has 0 amide bonds. The van der Waals surface area contributed by atoms with Gasteiger partial charge in [-0.05, 0) is 25.2 Å². The van der Waals surface area contributed by atoms with Crippen LogP contribution >= 0.6 is 0 Å². The van der Waals surface area contributed by atoms with E-state index in [1.165, 1.54) is 0 Å². The zero-order chi connectivity index (χ0) is 17.2. The highest BCUT2D eigenvalue weighted by molar-refractivity contribution is 5.38. The predicted octanol–water partition coefficient (Wildman–Crippen LogP) is 3.83. The maximum atomic E-state index is 13.7. The lowest BCUT2D eigenvalue weighted by Crippen LogP contribution is -2.29. The number of aliphatic hydroxyl groups excluding tert-OH is 1. The molecule has 0 spiro atoms. The number of aromatic nitrogens is 2. The van der Waals surface area contributed by atoms with E-state index in [4.69, 9.17) is 0 Å². The lowest BCUT2D eigenvalue weighted by molar-refractivity contribution is -0.146. The first-order valence-corrected chi connectivity index (χ1v) is 7.40. The number of alkyl halides is 6. The van der Waals surface area contributed by atoms with Crippen LogP contribution in [0.4, 0.5) is 26.3 Å². The van der Waals surface area contributed by atoms with E-state index in [0.717, 1.165) is 4.68 Å². The number of fused-ring (bicyclic) bond motifs is 1. The highest BCUT2D eigenvalue weighted by Crippen LogP contribution is 2.49. The third-order valence-electron chi connectivity index (χ3n) is 4.78. The Bertz CT molecular complexity index is 611. The fraction of sp³-hybridized carbons (Fsp3) is 0.786. The van der Waals surface area contributed by atoms with Gasteiger partial charge in [0.2, 0.25) is 0 Å². The van der Waals surface area contributed by atoms with E-state index < -0.39 is 48.1 Å². The summed E-state index contributed by atoms with van der Waals surface area (Å²) in [5.74, 6) is -4.03. The number of halogens is 6. The Labute approximate surface area is 128 Å². The summed E-state index contributed by atoms with van der Waals surface area (Å²) in [6, 6.07) is -0.567. The molecule has 1 fully saturated rings. The number of aliphatic hydroxyl groups is 1. The van der Waals surface area contributed by atoms with Gasteiger partial charge < -0.3 is 5.11 Å². The average molecular weight is 342 g/mol. The first-order chi connectivity index (χ1) is 10.5. The molecule has 2 aliphatic rings. The molecular weight excluding hydrogens is 326 g/mol. The van der Waals surface area contributed by atoms with E-state index in [2.05, 4.69) is 5.10 Å². The van der Waals surface area contributed by atoms with Crippen LogP contribution < -0.4 is 0 Å². The Kier molecular flexibility index (Phi) is 3.70. The van der Waals surface area contributed by atoms with E-state index in [1.807, 2.05) is 0 Å². The second-order valence-electron chi connectivity index (χ2n) is 6.45. The van der Waals surface area contributed by atoms with Crippen LogP contribution in [0.1, 0.15) is 55.3 Å². The van der Waals surface area contributed by atoms with Crippen LogP contribution in [-0.4, -0.2) is 27.0 Å². The molecule has 3 nitrogen and oxygen atoms in total. The molecule has 4 atom stereocenters. The van der Waals surface area contributed by atoms with Gasteiger partial charge >= 0.3 is 6.18 Å². The highest BCUT2D eigenvalue weighted by Gasteiger charge is 2.55. The van der Waals surface area contributed by atoms with Crippen molar-refractivity contribution < 1.29 is 31.4 Å². The summed E-state index contributed by atoms with van der Waals surface area (Å²) in [6.45, 7) is 1.63.